The molecule has 1 amide bonds. The van der Waals surface area contributed by atoms with Gasteiger partial charge in [-0.1, -0.05) is 15.9 Å². The van der Waals surface area contributed by atoms with E-state index in [0.717, 1.165) is 4.47 Å². The van der Waals surface area contributed by atoms with Crippen LogP contribution in [-0.4, -0.2) is 25.5 Å². The molecular formula is C12H11BrNO4-. The van der Waals surface area contributed by atoms with Crippen LogP contribution >= 0.6 is 15.9 Å². The Labute approximate surface area is 113 Å². The molecular weight excluding hydrogens is 302 g/mol. The van der Waals surface area contributed by atoms with Gasteiger partial charge >= 0.3 is 0 Å². The zero-order valence-electron chi connectivity index (χ0n) is 9.60. The third-order valence-electron chi connectivity index (χ3n) is 2.01. The Bertz CT molecular complexity index is 485. The van der Waals surface area contributed by atoms with E-state index in [1.807, 2.05) is 6.07 Å². The first-order chi connectivity index (χ1) is 8.52. The minimum Gasteiger partial charge on any atom is -0.548 e. The molecule has 6 heteroatoms. The second kappa shape index (κ2) is 6.80. The fourth-order valence-corrected chi connectivity index (χ4v) is 1.60. The van der Waals surface area contributed by atoms with E-state index in [2.05, 4.69) is 21.2 Å². The molecule has 0 atom stereocenters. The van der Waals surface area contributed by atoms with Crippen molar-refractivity contribution in [2.24, 2.45) is 0 Å². The lowest BCUT2D eigenvalue weighted by Crippen LogP contribution is -2.36. The van der Waals surface area contributed by atoms with Gasteiger partial charge in [0.25, 0.3) is 0 Å². The van der Waals surface area contributed by atoms with Crippen LogP contribution in [0.5, 0.6) is 5.75 Å². The third kappa shape index (κ3) is 4.58. The summed E-state index contributed by atoms with van der Waals surface area (Å²) in [5.41, 5.74) is 0.704. The van der Waals surface area contributed by atoms with Crippen LogP contribution in [0.1, 0.15) is 5.56 Å². The molecule has 0 radical (unpaired) electrons. The van der Waals surface area contributed by atoms with Crippen LogP contribution in [0.25, 0.3) is 6.08 Å². The average molecular weight is 313 g/mol. The summed E-state index contributed by atoms with van der Waals surface area (Å²) >= 11 is 3.31. The Hall–Kier alpha value is -1.82. The van der Waals surface area contributed by atoms with Crippen molar-refractivity contribution in [3.05, 3.63) is 34.3 Å². The maximum absolute atomic E-state index is 11.3. The van der Waals surface area contributed by atoms with E-state index in [0.29, 0.717) is 11.3 Å². The maximum atomic E-state index is 11.3. The normalized spacial score (nSPS) is 10.3. The van der Waals surface area contributed by atoms with Crippen molar-refractivity contribution in [2.45, 2.75) is 0 Å². The van der Waals surface area contributed by atoms with Crippen LogP contribution in [0.15, 0.2) is 28.7 Å². The van der Waals surface area contributed by atoms with E-state index in [-0.39, 0.29) is 0 Å². The summed E-state index contributed by atoms with van der Waals surface area (Å²) in [6, 6.07) is 5.34. The largest absolute Gasteiger partial charge is 0.548 e. The molecule has 0 saturated carbocycles. The van der Waals surface area contributed by atoms with Gasteiger partial charge in [0.15, 0.2) is 0 Å². The van der Waals surface area contributed by atoms with Crippen LogP contribution < -0.4 is 15.2 Å². The molecule has 0 aromatic heterocycles. The van der Waals surface area contributed by atoms with Crippen molar-refractivity contribution >= 4 is 33.9 Å². The monoisotopic (exact) mass is 312 g/mol. The standard InChI is InChI=1S/C12H12BrNO4/c1-18-10-4-3-9(13)6-8(10)2-5-11(15)14-7-12(16)17/h2-6H,7H2,1H3,(H,14,15)(H,16,17)/p-1. The molecule has 1 rings (SSSR count). The van der Waals surface area contributed by atoms with Crippen LogP contribution in [0.3, 0.4) is 0 Å². The minimum absolute atomic E-state index is 0.513. The number of methoxy groups -OCH3 is 1. The van der Waals surface area contributed by atoms with Crippen LogP contribution in [0.4, 0.5) is 0 Å². The number of aliphatic carboxylic acids is 1. The predicted octanol–water partition coefficient (Wildman–Crippen LogP) is 0.337. The molecule has 0 aliphatic carbocycles. The Balaban J connectivity index is 2.74. The van der Waals surface area contributed by atoms with E-state index in [9.17, 15) is 14.7 Å². The first-order valence-electron chi connectivity index (χ1n) is 5.02. The lowest BCUT2D eigenvalue weighted by atomic mass is 10.2. The maximum Gasteiger partial charge on any atom is 0.244 e. The van der Waals surface area contributed by atoms with Crippen molar-refractivity contribution in [2.75, 3.05) is 13.7 Å². The number of carboxylic acid groups (broad SMARTS) is 1. The zero-order chi connectivity index (χ0) is 13.5. The minimum atomic E-state index is -1.34. The fraction of sp³-hybridized carbons (Fsp3) is 0.167. The molecule has 0 aliphatic rings. The van der Waals surface area contributed by atoms with Gasteiger partial charge in [-0.05, 0) is 24.3 Å². The number of carbonyl (C=O) groups is 2. The van der Waals surface area contributed by atoms with E-state index in [1.54, 1.807) is 12.1 Å². The number of amides is 1. The first-order valence-corrected chi connectivity index (χ1v) is 5.81. The SMILES string of the molecule is COc1ccc(Br)cc1C=CC(=O)NCC(=O)[O-]. The molecule has 18 heavy (non-hydrogen) atoms. The number of benzene rings is 1. The summed E-state index contributed by atoms with van der Waals surface area (Å²) in [7, 11) is 1.52. The number of nitrogens with one attached hydrogen (secondary N) is 1. The molecule has 0 saturated heterocycles. The van der Waals surface area contributed by atoms with Crippen molar-refractivity contribution in [3.63, 3.8) is 0 Å². The van der Waals surface area contributed by atoms with Crippen LogP contribution in [-0.2, 0) is 9.59 Å². The topological polar surface area (TPSA) is 78.5 Å². The summed E-state index contributed by atoms with van der Waals surface area (Å²) in [6.07, 6.45) is 2.77. The van der Waals surface area contributed by atoms with Gasteiger partial charge in [0.05, 0.1) is 19.6 Å². The van der Waals surface area contributed by atoms with Crippen LogP contribution in [0, 0.1) is 0 Å². The Morgan fingerprint density at radius 1 is 1.50 bits per heavy atom. The molecule has 0 spiro atoms. The smallest absolute Gasteiger partial charge is 0.244 e. The van der Waals surface area contributed by atoms with E-state index >= 15 is 0 Å². The van der Waals surface area contributed by atoms with Gasteiger partial charge in [-0.15, -0.1) is 0 Å². The summed E-state index contributed by atoms with van der Waals surface area (Å²) in [4.78, 5) is 21.4. The van der Waals surface area contributed by atoms with Crippen molar-refractivity contribution < 1.29 is 19.4 Å². The first kappa shape index (κ1) is 14.2. The van der Waals surface area contributed by atoms with Gasteiger partial charge in [-0.25, -0.2) is 0 Å². The van der Waals surface area contributed by atoms with Gasteiger partial charge in [-0.3, -0.25) is 4.79 Å². The number of ether oxygens (including phenoxy) is 1. The number of hydrogen-bond acceptors (Lipinski definition) is 4. The molecule has 0 bridgehead atoms. The number of halogens is 1. The molecule has 1 N–H and O–H groups in total. The predicted molar refractivity (Wildman–Crippen MR) is 67.7 cm³/mol. The molecule has 1 aromatic carbocycles. The third-order valence-corrected chi connectivity index (χ3v) is 2.51. The fourth-order valence-electron chi connectivity index (χ4n) is 1.22. The summed E-state index contributed by atoms with van der Waals surface area (Å²) in [6.45, 7) is -0.515. The lowest BCUT2D eigenvalue weighted by Gasteiger charge is -2.05. The van der Waals surface area contributed by atoms with Crippen LogP contribution in [0.2, 0.25) is 0 Å². The molecule has 0 unspecified atom stereocenters. The second-order valence-corrected chi connectivity index (χ2v) is 4.23. The highest BCUT2D eigenvalue weighted by molar-refractivity contribution is 9.10. The summed E-state index contributed by atoms with van der Waals surface area (Å²) < 4.78 is 5.97. The Kier molecular flexibility index (Phi) is 5.38. The van der Waals surface area contributed by atoms with Crippen molar-refractivity contribution in [1.82, 2.24) is 5.32 Å². The average Bonchev–Trinajstić information content (AvgIpc) is 2.34. The number of rotatable bonds is 5. The molecule has 1 aromatic rings. The van der Waals surface area contributed by atoms with Gasteiger partial charge in [0.2, 0.25) is 5.91 Å². The number of carbonyl (C=O) groups excluding carboxylic acids is 2. The van der Waals surface area contributed by atoms with Crippen molar-refractivity contribution in [3.8, 4) is 5.75 Å². The second-order valence-electron chi connectivity index (χ2n) is 3.31. The van der Waals surface area contributed by atoms with Gasteiger partial charge in [-0.2, -0.15) is 0 Å². The van der Waals surface area contributed by atoms with Gasteiger partial charge < -0.3 is 20.0 Å². The molecule has 5 nitrogen and oxygen atoms in total. The molecule has 0 fully saturated rings. The molecule has 96 valence electrons. The van der Waals surface area contributed by atoms with E-state index in [1.165, 1.54) is 19.3 Å². The van der Waals surface area contributed by atoms with E-state index in [4.69, 9.17) is 4.74 Å². The number of hydrogen-bond donors (Lipinski definition) is 1. The van der Waals surface area contributed by atoms with Crippen molar-refractivity contribution in [1.29, 1.82) is 0 Å². The summed E-state index contributed by atoms with van der Waals surface area (Å²) in [5, 5.41) is 12.3. The molecule has 0 aliphatic heterocycles. The summed E-state index contributed by atoms with van der Waals surface area (Å²) in [5.74, 6) is -1.24. The number of carboxylic acids is 1. The highest BCUT2D eigenvalue weighted by Crippen LogP contribution is 2.23. The highest BCUT2D eigenvalue weighted by atomic mass is 79.9. The highest BCUT2D eigenvalue weighted by Gasteiger charge is 2.01. The lowest BCUT2D eigenvalue weighted by molar-refractivity contribution is -0.303. The zero-order valence-corrected chi connectivity index (χ0v) is 11.2. The quantitative estimate of drug-likeness (QED) is 0.795. The Morgan fingerprint density at radius 2 is 2.22 bits per heavy atom. The Morgan fingerprint density at radius 3 is 2.83 bits per heavy atom. The van der Waals surface area contributed by atoms with E-state index < -0.39 is 18.4 Å². The molecule has 0 heterocycles. The van der Waals surface area contributed by atoms with Gasteiger partial charge in [0, 0.05) is 16.1 Å². The van der Waals surface area contributed by atoms with Gasteiger partial charge in [0.1, 0.15) is 5.75 Å².